The maximum absolute atomic E-state index is 12.7. The van der Waals surface area contributed by atoms with Crippen LogP contribution in [0.5, 0.6) is 0 Å². The van der Waals surface area contributed by atoms with E-state index in [0.29, 0.717) is 0 Å². The van der Waals surface area contributed by atoms with E-state index < -0.39 is 20.5 Å². The van der Waals surface area contributed by atoms with E-state index in [-0.39, 0.29) is 10.2 Å². The normalized spacial score (nSPS) is 15.6. The van der Waals surface area contributed by atoms with Gasteiger partial charge in [0.15, 0.2) is 8.32 Å². The van der Waals surface area contributed by atoms with Crippen molar-refractivity contribution >= 4 is 25.2 Å². The third-order valence-corrected chi connectivity index (χ3v) is 9.52. The highest BCUT2D eigenvalue weighted by Gasteiger charge is 2.42. The summed E-state index contributed by atoms with van der Waals surface area (Å²) in [4.78, 5) is 13.6. The number of aliphatic hydroxyl groups is 1. The first kappa shape index (κ1) is 20.2. The molecule has 0 aliphatic carbocycles. The van der Waals surface area contributed by atoms with Crippen LogP contribution in [0.4, 0.5) is 0 Å². The fraction of sp³-hybridized carbons (Fsp3) is 0.500. The molecule has 0 spiro atoms. The molecule has 0 aliphatic rings. The SMILES string of the molecule is C/C=C/[C@@H](O)[C@@H](O[Si](C)(C)C(C)(C)C)C(=O)Sc1ccccc1. The van der Waals surface area contributed by atoms with Gasteiger partial charge >= 0.3 is 0 Å². The lowest BCUT2D eigenvalue weighted by atomic mass is 10.2. The molecular weight excluding hydrogens is 324 g/mol. The Morgan fingerprint density at radius 1 is 1.26 bits per heavy atom. The van der Waals surface area contributed by atoms with Crippen LogP contribution >= 0.6 is 11.8 Å². The van der Waals surface area contributed by atoms with Gasteiger partial charge < -0.3 is 9.53 Å². The molecule has 0 amide bonds. The predicted molar refractivity (Wildman–Crippen MR) is 100 cm³/mol. The standard InChI is InChI=1S/C18H28O3SSi/c1-7-11-15(19)16(21-23(5,6)18(2,3)4)17(20)22-14-12-9-8-10-13-14/h7-13,15-16,19H,1-6H3/b11-7+/t15-,16-/m1/s1. The molecule has 0 aromatic heterocycles. The number of allylic oxidation sites excluding steroid dienone is 1. The fourth-order valence-corrected chi connectivity index (χ4v) is 3.86. The zero-order valence-corrected chi connectivity index (χ0v) is 16.7. The van der Waals surface area contributed by atoms with Crippen molar-refractivity contribution in [3.05, 3.63) is 42.5 Å². The first-order chi connectivity index (χ1) is 10.6. The highest BCUT2D eigenvalue weighted by atomic mass is 32.2. The highest BCUT2D eigenvalue weighted by Crippen LogP contribution is 2.38. The molecule has 23 heavy (non-hydrogen) atoms. The van der Waals surface area contributed by atoms with Crippen molar-refractivity contribution in [1.82, 2.24) is 0 Å². The van der Waals surface area contributed by atoms with Gasteiger partial charge in [0, 0.05) is 4.90 Å². The maximum atomic E-state index is 12.7. The summed E-state index contributed by atoms with van der Waals surface area (Å²) in [6.45, 7) is 12.3. The largest absolute Gasteiger partial charge is 0.403 e. The van der Waals surface area contributed by atoms with Crippen LogP contribution in [0.25, 0.3) is 0 Å². The Balaban J connectivity index is 2.99. The minimum atomic E-state index is -2.17. The van der Waals surface area contributed by atoms with E-state index in [9.17, 15) is 9.90 Å². The van der Waals surface area contributed by atoms with Gasteiger partial charge in [0.05, 0.1) is 0 Å². The van der Waals surface area contributed by atoms with Crippen molar-refractivity contribution in [3.63, 3.8) is 0 Å². The van der Waals surface area contributed by atoms with Crippen LogP contribution in [0.2, 0.25) is 18.1 Å². The Kier molecular flexibility index (Phi) is 7.26. The van der Waals surface area contributed by atoms with Crippen molar-refractivity contribution in [1.29, 1.82) is 0 Å². The van der Waals surface area contributed by atoms with Crippen LogP contribution in [0.15, 0.2) is 47.4 Å². The number of aliphatic hydroxyl groups excluding tert-OH is 1. The Labute approximate surface area is 145 Å². The van der Waals surface area contributed by atoms with Crippen LogP contribution in [0.3, 0.4) is 0 Å². The lowest BCUT2D eigenvalue weighted by molar-refractivity contribution is -0.121. The molecule has 3 nitrogen and oxygen atoms in total. The Hall–Kier alpha value is -0.883. The van der Waals surface area contributed by atoms with Gasteiger partial charge in [0.1, 0.15) is 12.2 Å². The van der Waals surface area contributed by atoms with Crippen molar-refractivity contribution < 1.29 is 14.3 Å². The minimum absolute atomic E-state index is 0.0292. The molecule has 1 aromatic rings. The molecule has 0 heterocycles. The van der Waals surface area contributed by atoms with Gasteiger partial charge in [0.2, 0.25) is 5.12 Å². The zero-order chi connectivity index (χ0) is 17.7. The van der Waals surface area contributed by atoms with Gasteiger partial charge in [-0.05, 0) is 49.0 Å². The molecule has 0 bridgehead atoms. The van der Waals surface area contributed by atoms with Crippen LogP contribution in [-0.2, 0) is 9.22 Å². The van der Waals surface area contributed by atoms with E-state index in [1.165, 1.54) is 0 Å². The second kappa shape index (κ2) is 8.28. The quantitative estimate of drug-likeness (QED) is 0.460. The molecular formula is C18H28O3SSi. The molecule has 0 fully saturated rings. The van der Waals surface area contributed by atoms with Gasteiger partial charge in [0.25, 0.3) is 0 Å². The molecule has 5 heteroatoms. The molecule has 0 radical (unpaired) electrons. The Bertz CT molecular complexity index is 535. The van der Waals surface area contributed by atoms with Gasteiger partial charge in [-0.3, -0.25) is 4.79 Å². The second-order valence-corrected chi connectivity index (χ2v) is 12.9. The van der Waals surface area contributed by atoms with E-state index >= 15 is 0 Å². The molecule has 128 valence electrons. The third kappa shape index (κ3) is 5.92. The first-order valence-corrected chi connectivity index (χ1v) is 11.6. The summed E-state index contributed by atoms with van der Waals surface area (Å²) in [6, 6.07) is 9.46. The van der Waals surface area contributed by atoms with E-state index in [0.717, 1.165) is 16.7 Å². The molecule has 1 aromatic carbocycles. The smallest absolute Gasteiger partial charge is 0.224 e. The van der Waals surface area contributed by atoms with E-state index in [4.69, 9.17) is 4.43 Å². The summed E-state index contributed by atoms with van der Waals surface area (Å²) in [7, 11) is -2.17. The van der Waals surface area contributed by atoms with E-state index in [1.54, 1.807) is 12.2 Å². The number of carbonyl (C=O) groups excluding carboxylic acids is 1. The molecule has 1 rings (SSSR count). The topological polar surface area (TPSA) is 46.5 Å². The van der Waals surface area contributed by atoms with Gasteiger partial charge in [-0.15, -0.1) is 0 Å². The second-order valence-electron chi connectivity index (χ2n) is 7.05. The zero-order valence-electron chi connectivity index (χ0n) is 14.9. The van der Waals surface area contributed by atoms with Gasteiger partial charge in [-0.25, -0.2) is 0 Å². The summed E-state index contributed by atoms with van der Waals surface area (Å²) >= 11 is 1.12. The summed E-state index contributed by atoms with van der Waals surface area (Å²) in [6.07, 6.45) is 1.57. The molecule has 2 atom stereocenters. The Morgan fingerprint density at radius 2 is 1.83 bits per heavy atom. The van der Waals surface area contributed by atoms with Crippen LogP contribution in [0.1, 0.15) is 27.7 Å². The predicted octanol–water partition coefficient (Wildman–Crippen LogP) is 4.63. The summed E-state index contributed by atoms with van der Waals surface area (Å²) in [5, 5.41) is 10.2. The summed E-state index contributed by atoms with van der Waals surface area (Å²) in [5.41, 5.74) is 0. The first-order valence-electron chi connectivity index (χ1n) is 7.84. The fourth-order valence-electron chi connectivity index (χ4n) is 1.71. The number of hydrogen-bond acceptors (Lipinski definition) is 4. The average molecular weight is 353 g/mol. The number of benzene rings is 1. The van der Waals surface area contributed by atoms with Gasteiger partial charge in [-0.2, -0.15) is 0 Å². The Morgan fingerprint density at radius 3 is 2.30 bits per heavy atom. The maximum Gasteiger partial charge on any atom is 0.224 e. The van der Waals surface area contributed by atoms with Crippen LogP contribution in [-0.4, -0.2) is 30.7 Å². The average Bonchev–Trinajstić information content (AvgIpc) is 2.44. The summed E-state index contributed by atoms with van der Waals surface area (Å²) in [5.74, 6) is 0. The van der Waals surface area contributed by atoms with Crippen molar-refractivity contribution in [2.75, 3.05) is 0 Å². The van der Waals surface area contributed by atoms with E-state index in [1.807, 2.05) is 37.3 Å². The van der Waals surface area contributed by atoms with Crippen molar-refractivity contribution in [2.24, 2.45) is 0 Å². The monoisotopic (exact) mass is 352 g/mol. The number of thioether (sulfide) groups is 1. The van der Waals surface area contributed by atoms with E-state index in [2.05, 4.69) is 33.9 Å². The number of hydrogen-bond donors (Lipinski definition) is 1. The lowest BCUT2D eigenvalue weighted by Crippen LogP contribution is -2.49. The molecule has 0 unspecified atom stereocenters. The van der Waals surface area contributed by atoms with Crippen molar-refractivity contribution in [3.8, 4) is 0 Å². The molecule has 1 N–H and O–H groups in total. The van der Waals surface area contributed by atoms with Crippen LogP contribution < -0.4 is 0 Å². The molecule has 0 saturated heterocycles. The highest BCUT2D eigenvalue weighted by molar-refractivity contribution is 8.13. The number of rotatable bonds is 6. The minimum Gasteiger partial charge on any atom is -0.403 e. The summed E-state index contributed by atoms with van der Waals surface area (Å²) < 4.78 is 6.22. The van der Waals surface area contributed by atoms with Gasteiger partial charge in [-0.1, -0.05) is 51.1 Å². The third-order valence-electron chi connectivity index (χ3n) is 4.12. The van der Waals surface area contributed by atoms with Crippen molar-refractivity contribution in [2.45, 2.75) is 62.9 Å². The molecule has 0 aliphatic heterocycles. The lowest BCUT2D eigenvalue weighted by Gasteiger charge is -2.39. The molecule has 0 saturated carbocycles. The number of carbonyl (C=O) groups is 1. The van der Waals surface area contributed by atoms with Crippen LogP contribution in [0, 0.1) is 0 Å².